The summed E-state index contributed by atoms with van der Waals surface area (Å²) < 4.78 is 1.98. The van der Waals surface area contributed by atoms with Crippen LogP contribution in [0.15, 0.2) is 48.0 Å². The smallest absolute Gasteiger partial charge is 0.253 e. The van der Waals surface area contributed by atoms with E-state index in [1.807, 2.05) is 53.5 Å². The molecule has 0 aliphatic heterocycles. The van der Waals surface area contributed by atoms with E-state index in [1.165, 1.54) is 0 Å². The molecule has 1 aromatic carbocycles. The SMILES string of the molecule is Cn1cc(C(=O)N[C@@H](c2cccs2)C2CC(O)C2)c2ccccc21. The highest BCUT2D eigenvalue weighted by atomic mass is 32.1. The van der Waals surface area contributed by atoms with Gasteiger partial charge in [-0.2, -0.15) is 0 Å². The standard InChI is InChI=1S/C19H20N2O2S/c1-21-11-15(14-5-2-3-6-16(14)21)19(23)20-18(12-9-13(22)10-12)17-7-4-8-24-17/h2-8,11-13,18,22H,9-10H2,1H3,(H,20,23)/t12?,13?,18-/m1/s1. The van der Waals surface area contributed by atoms with E-state index in [2.05, 4.69) is 11.4 Å². The predicted octanol–water partition coefficient (Wildman–Crippen LogP) is 3.48. The molecular weight excluding hydrogens is 320 g/mol. The molecule has 0 spiro atoms. The Hall–Kier alpha value is -2.11. The monoisotopic (exact) mass is 340 g/mol. The molecule has 2 heterocycles. The van der Waals surface area contributed by atoms with Crippen molar-refractivity contribution in [1.29, 1.82) is 0 Å². The Bertz CT molecular complexity index is 863. The Balaban J connectivity index is 1.63. The van der Waals surface area contributed by atoms with E-state index >= 15 is 0 Å². The second-order valence-electron chi connectivity index (χ2n) is 6.52. The molecule has 124 valence electrons. The summed E-state index contributed by atoms with van der Waals surface area (Å²) in [5.41, 5.74) is 1.75. The van der Waals surface area contributed by atoms with Crippen LogP contribution in [0.2, 0.25) is 0 Å². The van der Waals surface area contributed by atoms with E-state index in [1.54, 1.807) is 11.3 Å². The fraction of sp³-hybridized carbons (Fsp3) is 0.316. The predicted molar refractivity (Wildman–Crippen MR) is 96.2 cm³/mol. The second kappa shape index (κ2) is 6.07. The lowest BCUT2D eigenvalue weighted by Gasteiger charge is -2.37. The Kier molecular flexibility index (Phi) is 3.90. The summed E-state index contributed by atoms with van der Waals surface area (Å²) in [5, 5.41) is 15.9. The number of nitrogens with one attached hydrogen (secondary N) is 1. The molecule has 0 radical (unpaired) electrons. The van der Waals surface area contributed by atoms with Crippen LogP contribution < -0.4 is 5.32 Å². The third-order valence-corrected chi connectivity index (χ3v) is 5.85. The molecule has 5 heteroatoms. The van der Waals surface area contributed by atoms with Gasteiger partial charge in [-0.05, 0) is 36.3 Å². The maximum absolute atomic E-state index is 12.9. The zero-order valence-electron chi connectivity index (χ0n) is 13.5. The first-order chi connectivity index (χ1) is 11.6. The molecule has 1 aliphatic rings. The van der Waals surface area contributed by atoms with Crippen LogP contribution in [0.25, 0.3) is 10.9 Å². The summed E-state index contributed by atoms with van der Waals surface area (Å²) in [4.78, 5) is 14.1. The van der Waals surface area contributed by atoms with Gasteiger partial charge in [0.2, 0.25) is 0 Å². The van der Waals surface area contributed by atoms with Crippen LogP contribution in [0.5, 0.6) is 0 Å². The number of carbonyl (C=O) groups excluding carboxylic acids is 1. The largest absolute Gasteiger partial charge is 0.393 e. The Labute approximate surface area is 144 Å². The van der Waals surface area contributed by atoms with E-state index in [0.717, 1.165) is 28.6 Å². The van der Waals surface area contributed by atoms with E-state index in [-0.39, 0.29) is 18.1 Å². The number of carbonyl (C=O) groups is 1. The lowest BCUT2D eigenvalue weighted by molar-refractivity contribution is 0.0241. The van der Waals surface area contributed by atoms with Gasteiger partial charge in [0, 0.05) is 29.0 Å². The molecular formula is C19H20N2O2S. The summed E-state index contributed by atoms with van der Waals surface area (Å²) in [6.07, 6.45) is 3.16. The number of thiophene rings is 1. The molecule has 4 rings (SSSR count). The number of para-hydroxylation sites is 1. The first-order valence-electron chi connectivity index (χ1n) is 8.20. The Morgan fingerprint density at radius 2 is 2.08 bits per heavy atom. The molecule has 3 aromatic rings. The van der Waals surface area contributed by atoms with Gasteiger partial charge >= 0.3 is 0 Å². The van der Waals surface area contributed by atoms with Crippen molar-refractivity contribution in [3.05, 3.63) is 58.4 Å². The number of nitrogens with zero attached hydrogens (tertiary/aromatic N) is 1. The van der Waals surface area contributed by atoms with Gasteiger partial charge in [0.15, 0.2) is 0 Å². The number of fused-ring (bicyclic) bond motifs is 1. The highest BCUT2D eigenvalue weighted by Gasteiger charge is 2.36. The summed E-state index contributed by atoms with van der Waals surface area (Å²) in [7, 11) is 1.96. The van der Waals surface area contributed by atoms with Gasteiger partial charge in [0.05, 0.1) is 17.7 Å². The number of hydrogen-bond donors (Lipinski definition) is 2. The maximum Gasteiger partial charge on any atom is 0.253 e. The number of rotatable bonds is 4. The zero-order valence-corrected chi connectivity index (χ0v) is 14.3. The van der Waals surface area contributed by atoms with Gasteiger partial charge in [-0.1, -0.05) is 24.3 Å². The highest BCUT2D eigenvalue weighted by Crippen LogP contribution is 2.39. The first-order valence-corrected chi connectivity index (χ1v) is 9.08. The van der Waals surface area contributed by atoms with Gasteiger partial charge in [-0.3, -0.25) is 4.79 Å². The van der Waals surface area contributed by atoms with Crippen LogP contribution in [0.1, 0.15) is 34.1 Å². The minimum atomic E-state index is -0.230. The van der Waals surface area contributed by atoms with E-state index in [0.29, 0.717) is 11.5 Å². The number of aliphatic hydroxyl groups excluding tert-OH is 1. The molecule has 24 heavy (non-hydrogen) atoms. The fourth-order valence-corrected chi connectivity index (χ4v) is 4.40. The van der Waals surface area contributed by atoms with E-state index in [9.17, 15) is 9.90 Å². The van der Waals surface area contributed by atoms with Crippen LogP contribution in [0, 0.1) is 5.92 Å². The summed E-state index contributed by atoms with van der Waals surface area (Å²) >= 11 is 1.65. The average Bonchev–Trinajstić information content (AvgIpc) is 3.19. The van der Waals surface area contributed by atoms with Gasteiger partial charge in [-0.25, -0.2) is 0 Å². The lowest BCUT2D eigenvalue weighted by Crippen LogP contribution is -2.41. The summed E-state index contributed by atoms with van der Waals surface area (Å²) in [6.45, 7) is 0. The Morgan fingerprint density at radius 1 is 1.29 bits per heavy atom. The molecule has 0 unspecified atom stereocenters. The third-order valence-electron chi connectivity index (χ3n) is 4.90. The van der Waals surface area contributed by atoms with Crippen LogP contribution in [0.3, 0.4) is 0 Å². The molecule has 2 N–H and O–H groups in total. The average molecular weight is 340 g/mol. The van der Waals surface area contributed by atoms with E-state index < -0.39 is 0 Å². The lowest BCUT2D eigenvalue weighted by atomic mass is 9.76. The number of amides is 1. The van der Waals surface area contributed by atoms with Gasteiger partial charge in [0.1, 0.15) is 0 Å². The van der Waals surface area contributed by atoms with Gasteiger partial charge in [0.25, 0.3) is 5.91 Å². The molecule has 0 bridgehead atoms. The van der Waals surface area contributed by atoms with E-state index in [4.69, 9.17) is 0 Å². The van der Waals surface area contributed by atoms with Gasteiger partial charge < -0.3 is 15.0 Å². The number of aromatic nitrogens is 1. The normalized spacial score (nSPS) is 21.4. The van der Waals surface area contributed by atoms with Crippen molar-refractivity contribution >= 4 is 28.1 Å². The van der Waals surface area contributed by atoms with Crippen molar-refractivity contribution in [2.24, 2.45) is 13.0 Å². The molecule has 1 aliphatic carbocycles. The minimum Gasteiger partial charge on any atom is -0.393 e. The quantitative estimate of drug-likeness (QED) is 0.764. The van der Waals surface area contributed by atoms with Crippen LogP contribution in [-0.2, 0) is 7.05 Å². The van der Waals surface area contributed by atoms with Crippen molar-refractivity contribution in [1.82, 2.24) is 9.88 Å². The maximum atomic E-state index is 12.9. The Morgan fingerprint density at radius 3 is 2.79 bits per heavy atom. The third kappa shape index (κ3) is 2.64. The molecule has 1 fully saturated rings. The van der Waals surface area contributed by atoms with Crippen molar-refractivity contribution in [3.63, 3.8) is 0 Å². The fourth-order valence-electron chi connectivity index (χ4n) is 3.53. The molecule has 4 nitrogen and oxygen atoms in total. The van der Waals surface area contributed by atoms with Crippen molar-refractivity contribution < 1.29 is 9.90 Å². The second-order valence-corrected chi connectivity index (χ2v) is 7.50. The molecule has 2 aromatic heterocycles. The van der Waals surface area contributed by atoms with Crippen LogP contribution in [0.4, 0.5) is 0 Å². The number of hydrogen-bond acceptors (Lipinski definition) is 3. The summed E-state index contributed by atoms with van der Waals surface area (Å²) in [5.74, 6) is 0.254. The number of aryl methyl sites for hydroxylation is 1. The highest BCUT2D eigenvalue weighted by molar-refractivity contribution is 7.10. The van der Waals surface area contributed by atoms with Crippen molar-refractivity contribution in [2.75, 3.05) is 0 Å². The van der Waals surface area contributed by atoms with Crippen molar-refractivity contribution in [3.8, 4) is 0 Å². The summed E-state index contributed by atoms with van der Waals surface area (Å²) in [6, 6.07) is 12.0. The number of benzene rings is 1. The first kappa shape index (κ1) is 15.4. The number of aliphatic hydroxyl groups is 1. The van der Waals surface area contributed by atoms with Crippen molar-refractivity contribution in [2.45, 2.75) is 25.0 Å². The molecule has 0 saturated heterocycles. The molecule has 1 amide bonds. The van der Waals surface area contributed by atoms with Crippen LogP contribution >= 0.6 is 11.3 Å². The van der Waals surface area contributed by atoms with Gasteiger partial charge in [-0.15, -0.1) is 11.3 Å². The minimum absolute atomic E-state index is 0.0279. The molecule has 1 saturated carbocycles. The van der Waals surface area contributed by atoms with Crippen LogP contribution in [-0.4, -0.2) is 21.7 Å². The zero-order chi connectivity index (χ0) is 16.7. The molecule has 1 atom stereocenters. The topological polar surface area (TPSA) is 54.3 Å².